The maximum atomic E-state index is 16.2. The first-order chi connectivity index (χ1) is 20.1. The molecule has 4 rings (SSSR count). The minimum absolute atomic E-state index is 0.0129. The van der Waals surface area contributed by atoms with Gasteiger partial charge in [0.2, 0.25) is 17.6 Å². The van der Waals surface area contributed by atoms with E-state index >= 15 is 4.39 Å². The molecule has 0 aliphatic heterocycles. The number of aliphatic hydroxyl groups is 1. The third kappa shape index (κ3) is 6.29. The van der Waals surface area contributed by atoms with Crippen LogP contribution in [0, 0.1) is 11.6 Å². The lowest BCUT2D eigenvalue weighted by atomic mass is 9.71. The molecule has 0 aliphatic carbocycles. The standard InChI is InChI=1S/C32H35F2N3O5/c1-37(2)15-14-32(38,22-17-27(40-4)36-28(18-22)41-5)29(24-8-7-9-26(39-3)30(24)34)25-16-21(19-35-31(25)42-6)20-10-12-23(33)13-11-20/h7-13,16-19,29,38H,14-15H2,1-6H3/t29-,32-/m1/s1. The molecular formula is C32H35F2N3O5. The maximum Gasteiger partial charge on any atom is 0.217 e. The number of hydrogen-bond acceptors (Lipinski definition) is 8. The van der Waals surface area contributed by atoms with E-state index in [0.717, 1.165) is 0 Å². The normalized spacial score (nSPS) is 13.4. The Labute approximate surface area is 244 Å². The monoisotopic (exact) mass is 579 g/mol. The molecule has 0 unspecified atom stereocenters. The molecule has 2 atom stereocenters. The molecule has 0 aliphatic rings. The summed E-state index contributed by atoms with van der Waals surface area (Å²) in [6.07, 6.45) is 1.74. The van der Waals surface area contributed by atoms with Gasteiger partial charge in [0.05, 0.1) is 34.4 Å². The number of nitrogens with zero attached hydrogens (tertiary/aromatic N) is 3. The summed E-state index contributed by atoms with van der Waals surface area (Å²) in [6, 6.07) is 15.7. The number of hydrogen-bond donors (Lipinski definition) is 1. The van der Waals surface area contributed by atoms with Crippen LogP contribution < -0.4 is 18.9 Å². The molecule has 0 saturated heterocycles. The average molecular weight is 580 g/mol. The molecule has 2 heterocycles. The fraction of sp³-hybridized carbons (Fsp3) is 0.312. The van der Waals surface area contributed by atoms with Gasteiger partial charge in [0.25, 0.3) is 0 Å². The Balaban J connectivity index is 2.09. The molecule has 0 spiro atoms. The highest BCUT2D eigenvalue weighted by Gasteiger charge is 2.44. The number of benzene rings is 2. The van der Waals surface area contributed by atoms with Crippen molar-refractivity contribution in [2.75, 3.05) is 49.1 Å². The van der Waals surface area contributed by atoms with E-state index < -0.39 is 17.3 Å². The summed E-state index contributed by atoms with van der Waals surface area (Å²) in [5.41, 5.74) is 0.469. The molecule has 0 fully saturated rings. The zero-order valence-corrected chi connectivity index (χ0v) is 24.5. The Bertz CT molecular complexity index is 1490. The lowest BCUT2D eigenvalue weighted by Gasteiger charge is -2.39. The lowest BCUT2D eigenvalue weighted by molar-refractivity contribution is 0.00229. The Hall–Kier alpha value is -4.28. The first kappa shape index (κ1) is 30.7. The highest BCUT2D eigenvalue weighted by atomic mass is 19.1. The third-order valence-corrected chi connectivity index (χ3v) is 7.20. The van der Waals surface area contributed by atoms with Gasteiger partial charge >= 0.3 is 0 Å². The van der Waals surface area contributed by atoms with Crippen molar-refractivity contribution in [3.05, 3.63) is 95.2 Å². The third-order valence-electron chi connectivity index (χ3n) is 7.20. The van der Waals surface area contributed by atoms with Gasteiger partial charge in [-0.05, 0) is 55.9 Å². The predicted molar refractivity (Wildman–Crippen MR) is 155 cm³/mol. The van der Waals surface area contributed by atoms with Crippen LogP contribution in [0.2, 0.25) is 0 Å². The summed E-state index contributed by atoms with van der Waals surface area (Å²) >= 11 is 0. The van der Waals surface area contributed by atoms with E-state index in [0.29, 0.717) is 28.8 Å². The molecular weight excluding hydrogens is 544 g/mol. The van der Waals surface area contributed by atoms with Crippen LogP contribution in [0.5, 0.6) is 23.4 Å². The molecule has 0 saturated carbocycles. The number of aromatic nitrogens is 2. The van der Waals surface area contributed by atoms with Gasteiger partial charge in [0.15, 0.2) is 11.6 Å². The predicted octanol–water partition coefficient (Wildman–Crippen LogP) is 5.43. The lowest BCUT2D eigenvalue weighted by Crippen LogP contribution is -2.38. The topological polar surface area (TPSA) is 86.2 Å². The highest BCUT2D eigenvalue weighted by Crippen LogP contribution is 2.49. The minimum Gasteiger partial charge on any atom is -0.494 e. The minimum atomic E-state index is -1.78. The van der Waals surface area contributed by atoms with E-state index in [9.17, 15) is 9.50 Å². The van der Waals surface area contributed by atoms with Crippen molar-refractivity contribution >= 4 is 0 Å². The van der Waals surface area contributed by atoms with Crippen LogP contribution in [0.4, 0.5) is 8.78 Å². The van der Waals surface area contributed by atoms with Crippen LogP contribution >= 0.6 is 0 Å². The molecule has 1 N–H and O–H groups in total. The van der Waals surface area contributed by atoms with Crippen LogP contribution in [-0.4, -0.2) is 69.1 Å². The van der Waals surface area contributed by atoms with E-state index in [1.54, 1.807) is 48.7 Å². The highest BCUT2D eigenvalue weighted by molar-refractivity contribution is 5.65. The molecule has 0 radical (unpaired) electrons. The van der Waals surface area contributed by atoms with Crippen molar-refractivity contribution in [3.63, 3.8) is 0 Å². The van der Waals surface area contributed by atoms with Gasteiger partial charge in [-0.25, -0.2) is 13.8 Å². The molecule has 0 amide bonds. The van der Waals surface area contributed by atoms with Crippen molar-refractivity contribution in [3.8, 4) is 34.5 Å². The summed E-state index contributed by atoms with van der Waals surface area (Å²) < 4.78 is 51.8. The van der Waals surface area contributed by atoms with Gasteiger partial charge in [0.1, 0.15) is 11.4 Å². The summed E-state index contributed by atoms with van der Waals surface area (Å²) in [5.74, 6) is -1.48. The summed E-state index contributed by atoms with van der Waals surface area (Å²) in [7, 11) is 9.52. The quantitative estimate of drug-likeness (QED) is 0.238. The van der Waals surface area contributed by atoms with E-state index in [-0.39, 0.29) is 41.2 Å². The van der Waals surface area contributed by atoms with E-state index in [4.69, 9.17) is 18.9 Å². The van der Waals surface area contributed by atoms with E-state index in [2.05, 4.69) is 9.97 Å². The van der Waals surface area contributed by atoms with Crippen LogP contribution in [0.3, 0.4) is 0 Å². The number of methoxy groups -OCH3 is 4. The first-order valence-corrected chi connectivity index (χ1v) is 13.2. The number of halogens is 2. The number of pyridine rings is 2. The van der Waals surface area contributed by atoms with Gasteiger partial charge in [-0.2, -0.15) is 4.98 Å². The van der Waals surface area contributed by atoms with Gasteiger partial charge in [-0.1, -0.05) is 24.3 Å². The largest absolute Gasteiger partial charge is 0.494 e. The zero-order valence-electron chi connectivity index (χ0n) is 24.5. The molecule has 0 bridgehead atoms. The van der Waals surface area contributed by atoms with Crippen LogP contribution in [0.15, 0.2) is 66.9 Å². The van der Waals surface area contributed by atoms with Gasteiger partial charge < -0.3 is 29.0 Å². The molecule has 42 heavy (non-hydrogen) atoms. The second-order valence-electron chi connectivity index (χ2n) is 10.0. The Kier molecular flexibility index (Phi) is 9.59. The number of rotatable bonds is 12. The van der Waals surface area contributed by atoms with Crippen molar-refractivity contribution in [1.29, 1.82) is 0 Å². The zero-order chi connectivity index (χ0) is 30.4. The van der Waals surface area contributed by atoms with Crippen molar-refractivity contribution in [1.82, 2.24) is 14.9 Å². The van der Waals surface area contributed by atoms with Crippen LogP contribution in [-0.2, 0) is 5.60 Å². The molecule has 2 aromatic carbocycles. The average Bonchev–Trinajstić information content (AvgIpc) is 3.01. The smallest absolute Gasteiger partial charge is 0.217 e. The van der Waals surface area contributed by atoms with Crippen molar-refractivity contribution in [2.45, 2.75) is 17.9 Å². The Morgan fingerprint density at radius 1 is 0.833 bits per heavy atom. The van der Waals surface area contributed by atoms with Gasteiger partial charge in [-0.3, -0.25) is 0 Å². The Morgan fingerprint density at radius 2 is 1.50 bits per heavy atom. The SMILES string of the molecule is COc1cc([C@](O)(CCN(C)C)[C@@H](c2cc(-c3ccc(F)cc3)cnc2OC)c2cccc(OC)c2F)cc(OC)n1. The molecule has 8 nitrogen and oxygen atoms in total. The van der Waals surface area contributed by atoms with Crippen LogP contribution in [0.25, 0.3) is 11.1 Å². The summed E-state index contributed by atoms with van der Waals surface area (Å²) in [4.78, 5) is 10.7. The second-order valence-corrected chi connectivity index (χ2v) is 10.0. The fourth-order valence-electron chi connectivity index (χ4n) is 5.03. The van der Waals surface area contributed by atoms with E-state index in [1.165, 1.54) is 46.6 Å². The number of ether oxygens (including phenoxy) is 4. The van der Waals surface area contributed by atoms with Crippen molar-refractivity contribution in [2.24, 2.45) is 0 Å². The molecule has 222 valence electrons. The fourth-order valence-corrected chi connectivity index (χ4v) is 5.03. The van der Waals surface area contributed by atoms with Gasteiger partial charge in [0, 0.05) is 41.6 Å². The van der Waals surface area contributed by atoms with Crippen molar-refractivity contribution < 1.29 is 32.8 Å². The Morgan fingerprint density at radius 3 is 2.07 bits per heavy atom. The molecule has 4 aromatic rings. The van der Waals surface area contributed by atoms with E-state index in [1.807, 2.05) is 19.0 Å². The van der Waals surface area contributed by atoms with Crippen LogP contribution in [0.1, 0.15) is 29.0 Å². The first-order valence-electron chi connectivity index (χ1n) is 13.2. The molecule has 10 heteroatoms. The summed E-state index contributed by atoms with van der Waals surface area (Å²) in [6.45, 7) is 0.430. The second kappa shape index (κ2) is 13.1. The maximum absolute atomic E-state index is 16.2. The van der Waals surface area contributed by atoms with Gasteiger partial charge in [-0.15, -0.1) is 0 Å². The molecule has 2 aromatic heterocycles. The summed E-state index contributed by atoms with van der Waals surface area (Å²) in [5, 5.41) is 12.9.